The predicted molar refractivity (Wildman–Crippen MR) is 78.4 cm³/mol. The number of hydrogen-bond acceptors (Lipinski definition) is 2. The van der Waals surface area contributed by atoms with Crippen LogP contribution < -0.4 is 0 Å². The summed E-state index contributed by atoms with van der Waals surface area (Å²) in [7, 11) is 1.72. The van der Waals surface area contributed by atoms with E-state index in [1.54, 1.807) is 7.05 Å². The van der Waals surface area contributed by atoms with Gasteiger partial charge in [-0.2, -0.15) is 0 Å². The van der Waals surface area contributed by atoms with Gasteiger partial charge in [-0.15, -0.1) is 0 Å². The summed E-state index contributed by atoms with van der Waals surface area (Å²) in [6.45, 7) is 0. The van der Waals surface area contributed by atoms with Crippen LogP contribution in [0.5, 0.6) is 0 Å². The van der Waals surface area contributed by atoms with Gasteiger partial charge in [0.25, 0.3) is 0 Å². The van der Waals surface area contributed by atoms with Crippen LogP contribution in [0.4, 0.5) is 0 Å². The van der Waals surface area contributed by atoms with E-state index in [1.165, 1.54) is 4.90 Å². The molecule has 0 saturated heterocycles. The highest BCUT2D eigenvalue weighted by atomic mass is 16.5. The molecule has 1 amide bonds. The van der Waals surface area contributed by atoms with Crippen molar-refractivity contribution < 1.29 is 9.53 Å². The van der Waals surface area contributed by atoms with Crippen molar-refractivity contribution >= 4 is 18.2 Å². The van der Waals surface area contributed by atoms with Gasteiger partial charge in [-0.05, 0) is 11.6 Å². The van der Waals surface area contributed by atoms with E-state index >= 15 is 0 Å². The van der Waals surface area contributed by atoms with Crippen LogP contribution in [0.2, 0.25) is 0 Å². The molecular weight excluding hydrogens is 250 g/mol. The molecule has 1 aliphatic heterocycles. The van der Waals surface area contributed by atoms with Gasteiger partial charge in [-0.3, -0.25) is 4.79 Å². The lowest BCUT2D eigenvalue weighted by Crippen LogP contribution is -2.21. The third kappa shape index (κ3) is 2.18. The number of carbonyl (C=O) groups is 1. The molecule has 3 nitrogen and oxygen atoms in total. The Kier molecular flexibility index (Phi) is 3.25. The summed E-state index contributed by atoms with van der Waals surface area (Å²) in [4.78, 5) is 12.5. The average Bonchev–Trinajstić information content (AvgIpc) is 2.87. The molecule has 0 N–H and O–H groups in total. The van der Waals surface area contributed by atoms with Gasteiger partial charge in [-0.25, -0.2) is 0 Å². The van der Waals surface area contributed by atoms with E-state index < -0.39 is 0 Å². The molecule has 0 aliphatic carbocycles. The molecule has 1 unspecified atom stereocenters. The molecule has 2 aromatic rings. The number of amides is 1. The zero-order chi connectivity index (χ0) is 13.9. The minimum atomic E-state index is -0.348. The van der Waals surface area contributed by atoms with Gasteiger partial charge in [0.05, 0.1) is 0 Å². The quantitative estimate of drug-likeness (QED) is 0.797. The van der Waals surface area contributed by atoms with Crippen molar-refractivity contribution in [3.63, 3.8) is 0 Å². The maximum absolute atomic E-state index is 11.0. The summed E-state index contributed by atoms with van der Waals surface area (Å²) in [5.41, 5.74) is 3.13. The summed E-state index contributed by atoms with van der Waals surface area (Å²) < 4.78 is 5.94. The van der Waals surface area contributed by atoms with Crippen molar-refractivity contribution in [3.05, 3.63) is 71.3 Å². The van der Waals surface area contributed by atoms with Crippen LogP contribution in [0.1, 0.15) is 22.9 Å². The van der Waals surface area contributed by atoms with E-state index in [0.717, 1.165) is 28.9 Å². The van der Waals surface area contributed by atoms with Gasteiger partial charge < -0.3 is 9.64 Å². The van der Waals surface area contributed by atoms with Crippen LogP contribution in [0.3, 0.4) is 0 Å². The van der Waals surface area contributed by atoms with E-state index in [1.807, 2.05) is 60.7 Å². The maximum atomic E-state index is 11.0. The summed E-state index contributed by atoms with van der Waals surface area (Å²) in [5.74, 6) is 0.797. The Morgan fingerprint density at radius 3 is 2.50 bits per heavy atom. The minimum absolute atomic E-state index is 0.348. The summed E-state index contributed by atoms with van der Waals surface area (Å²) in [6.07, 6.45) is 2.43. The second-order valence-corrected chi connectivity index (χ2v) is 4.75. The summed E-state index contributed by atoms with van der Waals surface area (Å²) >= 11 is 0. The molecule has 20 heavy (non-hydrogen) atoms. The fourth-order valence-corrected chi connectivity index (χ4v) is 2.35. The van der Waals surface area contributed by atoms with Crippen LogP contribution in [-0.4, -0.2) is 18.4 Å². The molecule has 0 bridgehead atoms. The number of nitrogens with zero attached hydrogens (tertiary/aromatic N) is 1. The second-order valence-electron chi connectivity index (χ2n) is 4.75. The standard InChI is InChI=1S/C17H15NO2/c1-18(12-19)17-15-10-6-5-9-14(15)16(20-17)11-13-7-3-2-4-8-13/h2-12,17H,1H3/b16-11-. The Hall–Kier alpha value is -2.55. The van der Waals surface area contributed by atoms with Crippen molar-refractivity contribution in [2.75, 3.05) is 7.05 Å². The SMILES string of the molecule is CN(C=O)C1O/C(=C\c2ccccc2)c2ccccc21. The highest BCUT2D eigenvalue weighted by molar-refractivity contribution is 5.81. The molecule has 1 aliphatic rings. The molecule has 0 aromatic heterocycles. The molecule has 3 rings (SSSR count). The van der Waals surface area contributed by atoms with E-state index in [0.29, 0.717) is 0 Å². The molecular formula is C17H15NO2. The average molecular weight is 265 g/mol. The van der Waals surface area contributed by atoms with Crippen molar-refractivity contribution in [1.29, 1.82) is 0 Å². The lowest BCUT2D eigenvalue weighted by Gasteiger charge is -2.19. The predicted octanol–water partition coefficient (Wildman–Crippen LogP) is 3.30. The minimum Gasteiger partial charge on any atom is -0.466 e. The molecule has 0 spiro atoms. The van der Waals surface area contributed by atoms with E-state index in [9.17, 15) is 4.79 Å². The first-order chi connectivity index (χ1) is 9.79. The Morgan fingerprint density at radius 2 is 1.75 bits per heavy atom. The largest absolute Gasteiger partial charge is 0.466 e. The first kappa shape index (κ1) is 12.5. The van der Waals surface area contributed by atoms with Crippen molar-refractivity contribution in [3.8, 4) is 0 Å². The van der Waals surface area contributed by atoms with E-state index in [2.05, 4.69) is 0 Å². The fraction of sp³-hybridized carbons (Fsp3) is 0.118. The smallest absolute Gasteiger partial charge is 0.212 e. The van der Waals surface area contributed by atoms with Gasteiger partial charge >= 0.3 is 0 Å². The van der Waals surface area contributed by atoms with Crippen LogP contribution >= 0.6 is 0 Å². The Balaban J connectivity index is 2.03. The second kappa shape index (κ2) is 5.21. The van der Waals surface area contributed by atoms with Crippen LogP contribution in [0.25, 0.3) is 11.8 Å². The van der Waals surface area contributed by atoms with Gasteiger partial charge in [0.1, 0.15) is 5.76 Å². The third-order valence-electron chi connectivity index (χ3n) is 3.36. The number of fused-ring (bicyclic) bond motifs is 1. The normalized spacial score (nSPS) is 18.4. The zero-order valence-corrected chi connectivity index (χ0v) is 11.2. The van der Waals surface area contributed by atoms with Gasteiger partial charge in [0.15, 0.2) is 0 Å². The van der Waals surface area contributed by atoms with Gasteiger partial charge in [0, 0.05) is 18.2 Å². The lowest BCUT2D eigenvalue weighted by atomic mass is 10.1. The van der Waals surface area contributed by atoms with E-state index in [4.69, 9.17) is 4.74 Å². The number of benzene rings is 2. The maximum Gasteiger partial charge on any atom is 0.212 e. The highest BCUT2D eigenvalue weighted by Crippen LogP contribution is 2.40. The highest BCUT2D eigenvalue weighted by Gasteiger charge is 2.30. The first-order valence-electron chi connectivity index (χ1n) is 6.49. The third-order valence-corrected chi connectivity index (χ3v) is 3.36. The van der Waals surface area contributed by atoms with Crippen molar-refractivity contribution in [1.82, 2.24) is 4.90 Å². The summed E-state index contributed by atoms with van der Waals surface area (Å²) in [6, 6.07) is 17.9. The Morgan fingerprint density at radius 1 is 1.05 bits per heavy atom. The molecule has 100 valence electrons. The number of ether oxygens (including phenoxy) is 1. The number of carbonyl (C=O) groups excluding carboxylic acids is 1. The Labute approximate surface area is 118 Å². The van der Waals surface area contributed by atoms with E-state index in [-0.39, 0.29) is 6.23 Å². The zero-order valence-electron chi connectivity index (χ0n) is 11.2. The van der Waals surface area contributed by atoms with Crippen molar-refractivity contribution in [2.24, 2.45) is 0 Å². The van der Waals surface area contributed by atoms with Crippen molar-refractivity contribution in [2.45, 2.75) is 6.23 Å². The molecule has 0 saturated carbocycles. The molecule has 1 heterocycles. The Bertz CT molecular complexity index is 649. The fourth-order valence-electron chi connectivity index (χ4n) is 2.35. The molecule has 0 radical (unpaired) electrons. The van der Waals surface area contributed by atoms with Gasteiger partial charge in [0.2, 0.25) is 12.6 Å². The first-order valence-corrected chi connectivity index (χ1v) is 6.49. The molecule has 2 aromatic carbocycles. The lowest BCUT2D eigenvalue weighted by molar-refractivity contribution is -0.124. The van der Waals surface area contributed by atoms with Crippen LogP contribution in [0.15, 0.2) is 54.6 Å². The van der Waals surface area contributed by atoms with Crippen LogP contribution in [-0.2, 0) is 9.53 Å². The van der Waals surface area contributed by atoms with Crippen LogP contribution in [0, 0.1) is 0 Å². The number of rotatable bonds is 3. The molecule has 1 atom stereocenters. The summed E-state index contributed by atoms with van der Waals surface area (Å²) in [5, 5.41) is 0. The van der Waals surface area contributed by atoms with Gasteiger partial charge in [-0.1, -0.05) is 54.6 Å². The topological polar surface area (TPSA) is 29.5 Å². The molecule has 3 heteroatoms. The molecule has 0 fully saturated rings. The number of hydrogen-bond donors (Lipinski definition) is 0. The monoisotopic (exact) mass is 265 g/mol.